The lowest BCUT2D eigenvalue weighted by atomic mass is 10.1. The van der Waals surface area contributed by atoms with Crippen molar-refractivity contribution in [3.05, 3.63) is 12.2 Å². The molecular formula is C18H26N2O7. The van der Waals surface area contributed by atoms with Gasteiger partial charge in [0.2, 0.25) is 11.8 Å². The first-order valence-corrected chi connectivity index (χ1v) is 9.15. The van der Waals surface area contributed by atoms with Gasteiger partial charge in [-0.25, -0.2) is 0 Å². The van der Waals surface area contributed by atoms with Crippen LogP contribution in [0.5, 0.6) is 0 Å². The van der Waals surface area contributed by atoms with Gasteiger partial charge < -0.3 is 14.2 Å². The van der Waals surface area contributed by atoms with Gasteiger partial charge in [-0.3, -0.25) is 29.0 Å². The lowest BCUT2D eigenvalue weighted by Crippen LogP contribution is -2.34. The molecule has 0 aliphatic carbocycles. The van der Waals surface area contributed by atoms with E-state index >= 15 is 0 Å². The topological polar surface area (TPSA) is 102 Å². The van der Waals surface area contributed by atoms with Gasteiger partial charge in [-0.1, -0.05) is 6.92 Å². The van der Waals surface area contributed by atoms with Crippen molar-refractivity contribution in [3.8, 4) is 0 Å². The summed E-state index contributed by atoms with van der Waals surface area (Å²) in [6, 6.07) is 0. The zero-order chi connectivity index (χ0) is 19.6. The second kappa shape index (κ2) is 10.9. The molecule has 27 heavy (non-hydrogen) atoms. The minimum Gasteiger partial charge on any atom is -0.377 e. The van der Waals surface area contributed by atoms with Gasteiger partial charge in [-0.15, -0.1) is 0 Å². The van der Waals surface area contributed by atoms with Gasteiger partial charge in [-0.05, 0) is 6.42 Å². The Morgan fingerprint density at radius 2 is 1.30 bits per heavy atom. The molecule has 1 fully saturated rings. The van der Waals surface area contributed by atoms with Crippen LogP contribution < -0.4 is 0 Å². The average molecular weight is 382 g/mol. The quantitative estimate of drug-likeness (QED) is 0.320. The highest BCUT2D eigenvalue weighted by Crippen LogP contribution is 2.21. The molecule has 1 saturated heterocycles. The minimum absolute atomic E-state index is 0.104. The highest BCUT2D eigenvalue weighted by molar-refractivity contribution is 6.12. The van der Waals surface area contributed by atoms with Crippen LogP contribution in [0.15, 0.2) is 12.2 Å². The maximum Gasteiger partial charge on any atom is 0.253 e. The van der Waals surface area contributed by atoms with Gasteiger partial charge in [0, 0.05) is 24.5 Å². The number of carbonyl (C=O) groups excluding carboxylic acids is 4. The first-order valence-electron chi connectivity index (χ1n) is 9.15. The Morgan fingerprint density at radius 1 is 0.815 bits per heavy atom. The molecule has 2 aliphatic heterocycles. The number of carbonyl (C=O) groups is 4. The molecular weight excluding hydrogens is 356 g/mol. The molecule has 4 amide bonds. The highest BCUT2D eigenvalue weighted by atomic mass is 16.5. The largest absolute Gasteiger partial charge is 0.377 e. The predicted molar refractivity (Wildman–Crippen MR) is 93.4 cm³/mol. The normalized spacial score (nSPS) is 19.8. The number of hydrogen-bond donors (Lipinski definition) is 0. The standard InChI is InChI=1S/C18H26N2O7/c1-2-14-13-17(23)20(18(14)24)6-8-26-10-12-27-11-9-25-7-5-19-15(21)3-4-16(19)22/h3-4,14H,2,5-13H2,1H3. The Balaban J connectivity index is 1.40. The van der Waals surface area contributed by atoms with E-state index in [0.717, 1.165) is 4.90 Å². The van der Waals surface area contributed by atoms with Crippen LogP contribution in [0.1, 0.15) is 19.8 Å². The number of ether oxygens (including phenoxy) is 3. The van der Waals surface area contributed by atoms with E-state index in [1.165, 1.54) is 17.1 Å². The first kappa shape index (κ1) is 21.2. The van der Waals surface area contributed by atoms with Gasteiger partial charge in [0.25, 0.3) is 11.8 Å². The van der Waals surface area contributed by atoms with Gasteiger partial charge >= 0.3 is 0 Å². The maximum atomic E-state index is 11.9. The summed E-state index contributed by atoms with van der Waals surface area (Å²) in [4.78, 5) is 48.7. The van der Waals surface area contributed by atoms with Crippen molar-refractivity contribution in [2.24, 2.45) is 5.92 Å². The van der Waals surface area contributed by atoms with Crippen molar-refractivity contribution >= 4 is 23.6 Å². The summed E-state index contributed by atoms with van der Waals surface area (Å²) in [5.41, 5.74) is 0. The summed E-state index contributed by atoms with van der Waals surface area (Å²) in [5.74, 6) is -1.05. The van der Waals surface area contributed by atoms with Gasteiger partial charge in [0.15, 0.2) is 0 Å². The van der Waals surface area contributed by atoms with Gasteiger partial charge in [0.1, 0.15) is 0 Å². The molecule has 2 heterocycles. The zero-order valence-electron chi connectivity index (χ0n) is 15.6. The maximum absolute atomic E-state index is 11.9. The number of nitrogens with zero attached hydrogens (tertiary/aromatic N) is 2. The fraction of sp³-hybridized carbons (Fsp3) is 0.667. The molecule has 0 N–H and O–H groups in total. The van der Waals surface area contributed by atoms with E-state index in [4.69, 9.17) is 14.2 Å². The third-order valence-electron chi connectivity index (χ3n) is 4.39. The van der Waals surface area contributed by atoms with E-state index in [9.17, 15) is 19.2 Å². The number of rotatable bonds is 13. The third kappa shape index (κ3) is 6.23. The molecule has 9 nitrogen and oxygen atoms in total. The van der Waals surface area contributed by atoms with E-state index in [-0.39, 0.29) is 49.2 Å². The van der Waals surface area contributed by atoms with E-state index in [0.29, 0.717) is 45.9 Å². The van der Waals surface area contributed by atoms with Crippen molar-refractivity contribution < 1.29 is 33.4 Å². The molecule has 2 rings (SSSR count). The monoisotopic (exact) mass is 382 g/mol. The van der Waals surface area contributed by atoms with Crippen molar-refractivity contribution in [1.29, 1.82) is 0 Å². The van der Waals surface area contributed by atoms with Crippen LogP contribution in [0.3, 0.4) is 0 Å². The molecule has 0 saturated carbocycles. The summed E-state index contributed by atoms with van der Waals surface area (Å²) < 4.78 is 16.0. The van der Waals surface area contributed by atoms with E-state index in [2.05, 4.69) is 0 Å². The zero-order valence-corrected chi connectivity index (χ0v) is 15.6. The summed E-state index contributed by atoms with van der Waals surface area (Å²) in [5, 5.41) is 0. The van der Waals surface area contributed by atoms with Gasteiger partial charge in [-0.2, -0.15) is 0 Å². The van der Waals surface area contributed by atoms with Crippen LogP contribution in [0.2, 0.25) is 0 Å². The van der Waals surface area contributed by atoms with Crippen molar-refractivity contribution in [2.45, 2.75) is 19.8 Å². The smallest absolute Gasteiger partial charge is 0.253 e. The summed E-state index contributed by atoms with van der Waals surface area (Å²) >= 11 is 0. The molecule has 0 radical (unpaired) electrons. The van der Waals surface area contributed by atoms with Crippen molar-refractivity contribution in [3.63, 3.8) is 0 Å². The van der Waals surface area contributed by atoms with E-state index < -0.39 is 0 Å². The van der Waals surface area contributed by atoms with Crippen LogP contribution in [-0.4, -0.2) is 86.2 Å². The lowest BCUT2D eigenvalue weighted by Gasteiger charge is -2.15. The fourth-order valence-corrected chi connectivity index (χ4v) is 2.81. The lowest BCUT2D eigenvalue weighted by molar-refractivity contribution is -0.140. The fourth-order valence-electron chi connectivity index (χ4n) is 2.81. The third-order valence-corrected chi connectivity index (χ3v) is 4.39. The highest BCUT2D eigenvalue weighted by Gasteiger charge is 2.36. The summed E-state index contributed by atoms with van der Waals surface area (Å²) in [6.45, 7) is 4.39. The number of hydrogen-bond acceptors (Lipinski definition) is 7. The molecule has 0 aromatic rings. The van der Waals surface area contributed by atoms with E-state index in [1.54, 1.807) is 0 Å². The Morgan fingerprint density at radius 3 is 1.78 bits per heavy atom. The Bertz CT molecular complexity index is 572. The SMILES string of the molecule is CCC1CC(=O)N(CCOCCOCCOCCN2C(=O)C=CC2=O)C1=O. The first-order chi connectivity index (χ1) is 13.0. The number of likely N-dealkylation sites (tertiary alicyclic amines) is 1. The molecule has 0 aromatic heterocycles. The summed E-state index contributed by atoms with van der Waals surface area (Å²) in [7, 11) is 0. The van der Waals surface area contributed by atoms with Crippen LogP contribution in [0.25, 0.3) is 0 Å². The Labute approximate surface area is 158 Å². The number of imide groups is 2. The second-order valence-corrected chi connectivity index (χ2v) is 6.19. The Kier molecular flexibility index (Phi) is 8.56. The Hall–Kier alpha value is -2.10. The second-order valence-electron chi connectivity index (χ2n) is 6.19. The predicted octanol–water partition coefficient (Wildman–Crippen LogP) is -0.254. The van der Waals surface area contributed by atoms with Crippen LogP contribution in [0.4, 0.5) is 0 Å². The molecule has 0 spiro atoms. The van der Waals surface area contributed by atoms with Gasteiger partial charge in [0.05, 0.1) is 52.7 Å². The van der Waals surface area contributed by atoms with Crippen LogP contribution in [0, 0.1) is 5.92 Å². The number of amides is 4. The molecule has 1 atom stereocenters. The average Bonchev–Trinajstić information content (AvgIpc) is 3.12. The van der Waals surface area contributed by atoms with Crippen molar-refractivity contribution in [1.82, 2.24) is 9.80 Å². The van der Waals surface area contributed by atoms with Crippen LogP contribution >= 0.6 is 0 Å². The molecule has 0 bridgehead atoms. The molecule has 0 aromatic carbocycles. The van der Waals surface area contributed by atoms with Crippen molar-refractivity contribution in [2.75, 3.05) is 52.7 Å². The molecule has 150 valence electrons. The van der Waals surface area contributed by atoms with E-state index in [1.807, 2.05) is 6.92 Å². The molecule has 2 aliphatic rings. The minimum atomic E-state index is -0.320. The molecule has 9 heteroatoms. The summed E-state index contributed by atoms with van der Waals surface area (Å²) in [6.07, 6.45) is 3.46. The van der Waals surface area contributed by atoms with Crippen LogP contribution in [-0.2, 0) is 33.4 Å². The molecule has 1 unspecified atom stereocenters.